The molecule has 0 bridgehead atoms. The number of fused-ring (bicyclic) bond motifs is 2. The minimum Gasteiger partial charge on any atom is -0.367 e. The average Bonchev–Trinajstić information content (AvgIpc) is 3.52. The van der Waals surface area contributed by atoms with E-state index in [0.717, 1.165) is 35.7 Å². The molecule has 0 saturated heterocycles. The summed E-state index contributed by atoms with van der Waals surface area (Å²) in [5, 5.41) is 19.1. The predicted octanol–water partition coefficient (Wildman–Crippen LogP) is 4.16. The SMILES string of the molecule is Fc1ccc(Cl)cc1-c1[nH]ncc1-c1ccc2ncc(-c3nnn4c3NCC4)cc2n1. The topological polar surface area (TPSA) is 97.2 Å². The van der Waals surface area contributed by atoms with Crippen LogP contribution >= 0.6 is 11.6 Å². The molecule has 0 aliphatic carbocycles. The molecule has 8 nitrogen and oxygen atoms in total. The largest absolute Gasteiger partial charge is 0.367 e. The summed E-state index contributed by atoms with van der Waals surface area (Å²) in [5.41, 5.74) is 5.14. The van der Waals surface area contributed by atoms with Crippen LogP contribution in [0.3, 0.4) is 0 Å². The van der Waals surface area contributed by atoms with Crippen LogP contribution < -0.4 is 5.32 Å². The van der Waals surface area contributed by atoms with Crippen molar-refractivity contribution in [1.82, 2.24) is 35.2 Å². The quantitative estimate of drug-likeness (QED) is 0.444. The van der Waals surface area contributed by atoms with Crippen molar-refractivity contribution in [1.29, 1.82) is 0 Å². The molecule has 0 radical (unpaired) electrons. The van der Waals surface area contributed by atoms with Crippen molar-refractivity contribution in [3.05, 3.63) is 59.6 Å². The first kappa shape index (κ1) is 18.0. The van der Waals surface area contributed by atoms with Gasteiger partial charge in [-0.2, -0.15) is 5.10 Å². The second-order valence-corrected chi connectivity index (χ2v) is 7.61. The van der Waals surface area contributed by atoms with Crippen molar-refractivity contribution in [3.63, 3.8) is 0 Å². The second kappa shape index (κ2) is 6.85. The third-order valence-electron chi connectivity index (χ3n) is 5.27. The number of aromatic amines is 1. The molecule has 5 heterocycles. The van der Waals surface area contributed by atoms with Crippen molar-refractivity contribution < 1.29 is 4.39 Å². The predicted molar refractivity (Wildman–Crippen MR) is 115 cm³/mol. The third-order valence-corrected chi connectivity index (χ3v) is 5.51. The molecule has 5 aromatic rings. The lowest BCUT2D eigenvalue weighted by molar-refractivity contribution is 0.630. The summed E-state index contributed by atoms with van der Waals surface area (Å²) >= 11 is 6.07. The van der Waals surface area contributed by atoms with Gasteiger partial charge in [0.15, 0.2) is 5.82 Å². The van der Waals surface area contributed by atoms with E-state index >= 15 is 0 Å². The summed E-state index contributed by atoms with van der Waals surface area (Å²) in [6.45, 7) is 1.61. The maximum atomic E-state index is 14.4. The Bertz CT molecular complexity index is 1460. The van der Waals surface area contributed by atoms with Gasteiger partial charge in [0.1, 0.15) is 11.5 Å². The van der Waals surface area contributed by atoms with Crippen LogP contribution in [0.25, 0.3) is 44.8 Å². The van der Waals surface area contributed by atoms with Crippen LogP contribution in [0, 0.1) is 5.82 Å². The maximum absolute atomic E-state index is 14.4. The Balaban J connectivity index is 1.46. The number of rotatable bonds is 3. The molecular formula is C21H14ClFN8. The number of nitrogens with one attached hydrogen (secondary N) is 2. The summed E-state index contributed by atoms with van der Waals surface area (Å²) in [4.78, 5) is 9.29. The van der Waals surface area contributed by atoms with Crippen LogP contribution in [0.2, 0.25) is 5.02 Å². The zero-order valence-corrected chi connectivity index (χ0v) is 16.7. The molecule has 0 unspecified atom stereocenters. The van der Waals surface area contributed by atoms with Gasteiger partial charge in [-0.1, -0.05) is 16.8 Å². The van der Waals surface area contributed by atoms with Gasteiger partial charge in [0, 0.05) is 34.5 Å². The Kier molecular flexibility index (Phi) is 3.97. The number of hydrogen-bond acceptors (Lipinski definition) is 6. The van der Waals surface area contributed by atoms with E-state index in [1.807, 2.05) is 22.9 Å². The first-order valence-electron chi connectivity index (χ1n) is 9.61. The Hall–Kier alpha value is -3.85. The first-order valence-corrected chi connectivity index (χ1v) is 9.99. The zero-order valence-electron chi connectivity index (χ0n) is 16.0. The molecule has 0 saturated carbocycles. The molecule has 0 fully saturated rings. The second-order valence-electron chi connectivity index (χ2n) is 7.18. The lowest BCUT2D eigenvalue weighted by atomic mass is 10.0. The van der Waals surface area contributed by atoms with Gasteiger partial charge < -0.3 is 5.32 Å². The summed E-state index contributed by atoms with van der Waals surface area (Å²) in [6, 6.07) is 10.0. The number of H-pyrrole nitrogens is 1. The fourth-order valence-corrected chi connectivity index (χ4v) is 3.95. The third kappa shape index (κ3) is 2.93. The Morgan fingerprint density at radius 2 is 1.97 bits per heavy atom. The van der Waals surface area contributed by atoms with Gasteiger partial charge in [0.2, 0.25) is 0 Å². The van der Waals surface area contributed by atoms with Gasteiger partial charge in [-0.25, -0.2) is 14.1 Å². The van der Waals surface area contributed by atoms with E-state index < -0.39 is 5.82 Å². The van der Waals surface area contributed by atoms with E-state index in [-0.39, 0.29) is 0 Å². The van der Waals surface area contributed by atoms with Crippen LogP contribution in [-0.4, -0.2) is 41.7 Å². The fraction of sp³-hybridized carbons (Fsp3) is 0.0952. The van der Waals surface area contributed by atoms with E-state index in [2.05, 4.69) is 30.8 Å². The van der Waals surface area contributed by atoms with Crippen molar-refractivity contribution in [2.24, 2.45) is 0 Å². The van der Waals surface area contributed by atoms with Crippen molar-refractivity contribution in [2.75, 3.05) is 11.9 Å². The zero-order chi connectivity index (χ0) is 20.9. The fourth-order valence-electron chi connectivity index (χ4n) is 3.78. The monoisotopic (exact) mass is 432 g/mol. The number of hydrogen-bond donors (Lipinski definition) is 2. The Morgan fingerprint density at radius 1 is 1.03 bits per heavy atom. The van der Waals surface area contributed by atoms with Gasteiger partial charge in [-0.15, -0.1) is 5.10 Å². The highest BCUT2D eigenvalue weighted by Gasteiger charge is 2.20. The van der Waals surface area contributed by atoms with Crippen LogP contribution in [0.15, 0.2) is 48.8 Å². The summed E-state index contributed by atoms with van der Waals surface area (Å²) in [6.07, 6.45) is 3.39. The molecule has 152 valence electrons. The molecule has 1 aliphatic heterocycles. The number of benzene rings is 1. The molecule has 1 aromatic carbocycles. The first-order chi connectivity index (χ1) is 15.2. The average molecular weight is 433 g/mol. The lowest BCUT2D eigenvalue weighted by Gasteiger charge is -2.07. The lowest BCUT2D eigenvalue weighted by Crippen LogP contribution is -1.97. The van der Waals surface area contributed by atoms with Crippen LogP contribution in [0.1, 0.15) is 0 Å². The molecule has 2 N–H and O–H groups in total. The molecule has 0 atom stereocenters. The van der Waals surface area contributed by atoms with E-state index in [4.69, 9.17) is 16.6 Å². The Labute approximate surface area is 180 Å². The van der Waals surface area contributed by atoms with Crippen LogP contribution in [0.4, 0.5) is 10.2 Å². The molecule has 0 amide bonds. The van der Waals surface area contributed by atoms with Crippen LogP contribution in [0.5, 0.6) is 0 Å². The van der Waals surface area contributed by atoms with Crippen molar-refractivity contribution >= 4 is 28.5 Å². The number of nitrogens with zero attached hydrogens (tertiary/aromatic N) is 6. The van der Waals surface area contributed by atoms with Crippen molar-refractivity contribution in [3.8, 4) is 33.8 Å². The minimum absolute atomic E-state index is 0.333. The molecule has 6 rings (SSSR count). The van der Waals surface area contributed by atoms with Gasteiger partial charge in [-0.3, -0.25) is 10.1 Å². The number of anilines is 1. The molecule has 10 heteroatoms. The van der Waals surface area contributed by atoms with E-state index in [0.29, 0.717) is 33.1 Å². The highest BCUT2D eigenvalue weighted by atomic mass is 35.5. The van der Waals surface area contributed by atoms with Gasteiger partial charge >= 0.3 is 0 Å². The van der Waals surface area contributed by atoms with Crippen molar-refractivity contribution in [2.45, 2.75) is 6.54 Å². The van der Waals surface area contributed by atoms with Gasteiger partial charge in [0.25, 0.3) is 0 Å². The minimum atomic E-state index is -0.395. The van der Waals surface area contributed by atoms with Gasteiger partial charge in [-0.05, 0) is 36.4 Å². The number of aromatic nitrogens is 7. The van der Waals surface area contributed by atoms with E-state index in [1.165, 1.54) is 12.1 Å². The molecule has 0 spiro atoms. The smallest absolute Gasteiger partial charge is 0.153 e. The summed E-state index contributed by atoms with van der Waals surface area (Å²) in [7, 11) is 0. The summed E-state index contributed by atoms with van der Waals surface area (Å²) in [5.74, 6) is 0.485. The summed E-state index contributed by atoms with van der Waals surface area (Å²) < 4.78 is 16.3. The maximum Gasteiger partial charge on any atom is 0.153 e. The number of halogens is 2. The highest BCUT2D eigenvalue weighted by molar-refractivity contribution is 6.30. The van der Waals surface area contributed by atoms with E-state index in [9.17, 15) is 4.39 Å². The van der Waals surface area contributed by atoms with Gasteiger partial charge in [0.05, 0.1) is 35.2 Å². The molecule has 4 aromatic heterocycles. The highest BCUT2D eigenvalue weighted by Crippen LogP contribution is 2.34. The standard InChI is InChI=1S/C21H14ClFN8/c22-12-1-2-15(23)13(8-12)20-14(10-26-28-20)16-3-4-17-18(27-16)7-11(9-25-17)19-21-24-5-6-31(21)30-29-19/h1-4,7-10,24H,5-6H2,(H,26,28). The van der Waals surface area contributed by atoms with E-state index in [1.54, 1.807) is 18.5 Å². The molecule has 1 aliphatic rings. The Morgan fingerprint density at radius 3 is 2.90 bits per heavy atom. The number of pyridine rings is 2. The molecular weight excluding hydrogens is 419 g/mol. The molecule has 31 heavy (non-hydrogen) atoms. The van der Waals surface area contributed by atoms with Crippen LogP contribution in [-0.2, 0) is 6.54 Å². The normalized spacial score (nSPS) is 12.8.